The molecule has 0 amide bonds. The number of carbonyl (C=O) groups excluding carboxylic acids is 1. The summed E-state index contributed by atoms with van der Waals surface area (Å²) in [7, 11) is 0. The molecule has 0 bridgehead atoms. The maximum absolute atomic E-state index is 12.4. The molecule has 0 saturated heterocycles. The first-order valence-corrected chi connectivity index (χ1v) is 10.8. The Morgan fingerprint density at radius 3 is 2.68 bits per heavy atom. The standard InChI is InChI=1S/C23H15Cl2N3O2S/c24-17-9-10-19(20(25)12-17)22(29)30-18-8-4-5-15(11-18)13-26-28-23-27-21(14-31-23)16-6-2-1-3-7-16/h1-14H,(H,27,28). The van der Waals surface area contributed by atoms with E-state index in [0.717, 1.165) is 16.8 Å². The van der Waals surface area contributed by atoms with Gasteiger partial charge in [-0.25, -0.2) is 9.78 Å². The van der Waals surface area contributed by atoms with Gasteiger partial charge in [0.1, 0.15) is 5.75 Å². The SMILES string of the molecule is O=C(Oc1cccc(C=NNc2nc(-c3ccccc3)cs2)c1)c1ccc(Cl)cc1Cl. The second-order valence-corrected chi connectivity index (χ2v) is 8.06. The van der Waals surface area contributed by atoms with E-state index >= 15 is 0 Å². The highest BCUT2D eigenvalue weighted by atomic mass is 35.5. The van der Waals surface area contributed by atoms with Gasteiger partial charge >= 0.3 is 5.97 Å². The third kappa shape index (κ3) is 5.49. The minimum Gasteiger partial charge on any atom is -0.423 e. The van der Waals surface area contributed by atoms with Gasteiger partial charge in [-0.3, -0.25) is 5.43 Å². The number of hydrogen-bond donors (Lipinski definition) is 1. The molecule has 3 aromatic carbocycles. The Labute approximate surface area is 192 Å². The van der Waals surface area contributed by atoms with E-state index in [4.69, 9.17) is 27.9 Å². The highest BCUT2D eigenvalue weighted by molar-refractivity contribution is 7.14. The number of rotatable bonds is 6. The summed E-state index contributed by atoms with van der Waals surface area (Å²) in [6.07, 6.45) is 1.62. The maximum Gasteiger partial charge on any atom is 0.345 e. The van der Waals surface area contributed by atoms with Crippen molar-refractivity contribution in [2.45, 2.75) is 0 Å². The van der Waals surface area contributed by atoms with E-state index in [-0.39, 0.29) is 10.6 Å². The third-order valence-corrected chi connectivity index (χ3v) is 5.46. The quantitative estimate of drug-likeness (QED) is 0.147. The van der Waals surface area contributed by atoms with Crippen molar-refractivity contribution in [2.75, 3.05) is 5.43 Å². The molecule has 154 valence electrons. The lowest BCUT2D eigenvalue weighted by Gasteiger charge is -2.06. The molecule has 0 aliphatic carbocycles. The predicted molar refractivity (Wildman–Crippen MR) is 127 cm³/mol. The monoisotopic (exact) mass is 467 g/mol. The Kier molecular flexibility index (Phi) is 6.62. The molecule has 0 fully saturated rings. The van der Waals surface area contributed by atoms with Crippen LogP contribution >= 0.6 is 34.5 Å². The topological polar surface area (TPSA) is 63.6 Å². The van der Waals surface area contributed by atoms with E-state index in [1.54, 1.807) is 30.5 Å². The van der Waals surface area contributed by atoms with E-state index in [1.807, 2.05) is 41.8 Å². The van der Waals surface area contributed by atoms with E-state index in [2.05, 4.69) is 15.5 Å². The number of ether oxygens (including phenoxy) is 1. The molecule has 0 atom stereocenters. The molecule has 1 aromatic heterocycles. The fraction of sp³-hybridized carbons (Fsp3) is 0. The minimum atomic E-state index is -0.565. The van der Waals surface area contributed by atoms with Crippen molar-refractivity contribution in [1.82, 2.24) is 4.98 Å². The lowest BCUT2D eigenvalue weighted by atomic mass is 10.2. The van der Waals surface area contributed by atoms with Gasteiger partial charge in [-0.1, -0.05) is 65.7 Å². The van der Waals surface area contributed by atoms with Crippen LogP contribution in [0.1, 0.15) is 15.9 Å². The molecular weight excluding hydrogens is 453 g/mol. The smallest absolute Gasteiger partial charge is 0.345 e. The van der Waals surface area contributed by atoms with Crippen LogP contribution in [0.5, 0.6) is 5.75 Å². The molecule has 31 heavy (non-hydrogen) atoms. The number of hydrazone groups is 1. The Morgan fingerprint density at radius 2 is 1.87 bits per heavy atom. The van der Waals surface area contributed by atoms with E-state index < -0.39 is 5.97 Å². The Balaban J connectivity index is 1.40. The predicted octanol–water partition coefficient (Wildman–Crippen LogP) is 6.78. The number of esters is 1. The molecule has 8 heteroatoms. The van der Waals surface area contributed by atoms with Crippen molar-refractivity contribution in [3.05, 3.63) is 99.3 Å². The Morgan fingerprint density at radius 1 is 1.03 bits per heavy atom. The molecule has 0 aliphatic heterocycles. The van der Waals surface area contributed by atoms with Gasteiger partial charge in [0.05, 0.1) is 22.5 Å². The van der Waals surface area contributed by atoms with Crippen LogP contribution in [0.2, 0.25) is 10.0 Å². The van der Waals surface area contributed by atoms with Gasteiger partial charge in [0.25, 0.3) is 0 Å². The van der Waals surface area contributed by atoms with Crippen LogP contribution in [0.15, 0.2) is 83.3 Å². The largest absolute Gasteiger partial charge is 0.423 e. The number of nitrogens with zero attached hydrogens (tertiary/aromatic N) is 2. The van der Waals surface area contributed by atoms with Gasteiger partial charge < -0.3 is 4.74 Å². The molecule has 4 rings (SSSR count). The summed E-state index contributed by atoms with van der Waals surface area (Å²) in [6, 6.07) is 21.5. The highest BCUT2D eigenvalue weighted by Gasteiger charge is 2.13. The molecule has 5 nitrogen and oxygen atoms in total. The first kappa shape index (κ1) is 21.1. The van der Waals surface area contributed by atoms with Crippen LogP contribution in [0.4, 0.5) is 5.13 Å². The highest BCUT2D eigenvalue weighted by Crippen LogP contribution is 2.25. The van der Waals surface area contributed by atoms with E-state index in [1.165, 1.54) is 23.5 Å². The van der Waals surface area contributed by atoms with Crippen molar-refractivity contribution in [2.24, 2.45) is 5.10 Å². The summed E-state index contributed by atoms with van der Waals surface area (Å²) in [5, 5.41) is 7.54. The van der Waals surface area contributed by atoms with Gasteiger partial charge in [-0.05, 0) is 35.9 Å². The van der Waals surface area contributed by atoms with Gasteiger partial charge in [0, 0.05) is 16.0 Å². The van der Waals surface area contributed by atoms with Crippen molar-refractivity contribution in [1.29, 1.82) is 0 Å². The van der Waals surface area contributed by atoms with Crippen LogP contribution in [0.25, 0.3) is 11.3 Å². The molecule has 0 radical (unpaired) electrons. The number of benzene rings is 3. The second kappa shape index (κ2) is 9.75. The van der Waals surface area contributed by atoms with Crippen LogP contribution in [-0.2, 0) is 0 Å². The summed E-state index contributed by atoms with van der Waals surface area (Å²) in [4.78, 5) is 16.9. The van der Waals surface area contributed by atoms with Crippen LogP contribution < -0.4 is 10.2 Å². The van der Waals surface area contributed by atoms with Crippen molar-refractivity contribution in [3.63, 3.8) is 0 Å². The summed E-state index contributed by atoms with van der Waals surface area (Å²) in [6.45, 7) is 0. The summed E-state index contributed by atoms with van der Waals surface area (Å²) < 4.78 is 5.42. The normalized spacial score (nSPS) is 10.9. The van der Waals surface area contributed by atoms with Gasteiger partial charge in [-0.2, -0.15) is 5.10 Å². The summed E-state index contributed by atoms with van der Waals surface area (Å²) in [5.74, 6) is -0.189. The van der Waals surface area contributed by atoms with Crippen molar-refractivity contribution in [3.8, 4) is 17.0 Å². The number of anilines is 1. The summed E-state index contributed by atoms with van der Waals surface area (Å²) in [5.41, 5.74) is 5.85. The first-order valence-electron chi connectivity index (χ1n) is 9.16. The fourth-order valence-corrected chi connectivity index (χ4v) is 3.86. The Hall–Kier alpha value is -3.19. The molecular formula is C23H15Cl2N3O2S. The maximum atomic E-state index is 12.4. The number of carbonyl (C=O) groups is 1. The molecule has 0 aliphatic rings. The zero-order valence-electron chi connectivity index (χ0n) is 16.0. The van der Waals surface area contributed by atoms with Crippen LogP contribution in [0.3, 0.4) is 0 Å². The molecule has 0 spiro atoms. The van der Waals surface area contributed by atoms with Gasteiger partial charge in [-0.15, -0.1) is 11.3 Å². The number of nitrogens with one attached hydrogen (secondary N) is 1. The number of thiazole rings is 1. The molecule has 4 aromatic rings. The zero-order valence-corrected chi connectivity index (χ0v) is 18.3. The average Bonchev–Trinajstić information content (AvgIpc) is 3.23. The number of hydrogen-bond acceptors (Lipinski definition) is 6. The molecule has 1 heterocycles. The summed E-state index contributed by atoms with van der Waals surface area (Å²) >= 11 is 13.4. The average molecular weight is 468 g/mol. The van der Waals surface area contributed by atoms with Crippen molar-refractivity contribution < 1.29 is 9.53 Å². The molecule has 0 unspecified atom stereocenters. The van der Waals surface area contributed by atoms with E-state index in [9.17, 15) is 4.79 Å². The zero-order chi connectivity index (χ0) is 21.6. The minimum absolute atomic E-state index is 0.234. The van der Waals surface area contributed by atoms with Crippen molar-refractivity contribution >= 4 is 51.9 Å². The lowest BCUT2D eigenvalue weighted by Crippen LogP contribution is -2.09. The lowest BCUT2D eigenvalue weighted by molar-refractivity contribution is 0.0735. The van der Waals surface area contributed by atoms with Gasteiger partial charge in [0.2, 0.25) is 5.13 Å². The van der Waals surface area contributed by atoms with Gasteiger partial charge in [0.15, 0.2) is 0 Å². The molecule has 0 saturated carbocycles. The van der Waals surface area contributed by atoms with Crippen LogP contribution in [0, 0.1) is 0 Å². The number of aromatic nitrogens is 1. The van der Waals surface area contributed by atoms with Crippen LogP contribution in [-0.4, -0.2) is 17.2 Å². The fourth-order valence-electron chi connectivity index (χ4n) is 2.70. The molecule has 1 N–H and O–H groups in total. The first-order chi connectivity index (χ1) is 15.1. The third-order valence-electron chi connectivity index (χ3n) is 4.17. The Bertz CT molecular complexity index is 1240. The number of halogens is 2. The van der Waals surface area contributed by atoms with E-state index in [0.29, 0.717) is 15.9 Å². The second-order valence-electron chi connectivity index (χ2n) is 6.36.